The van der Waals surface area contributed by atoms with E-state index in [1.54, 1.807) is 9.80 Å². The van der Waals surface area contributed by atoms with E-state index < -0.39 is 0 Å². The number of quaternary nitrogens is 2. The third-order valence-electron chi connectivity index (χ3n) is 5.08. The Labute approximate surface area is 142 Å². The zero-order valence-corrected chi connectivity index (χ0v) is 15.7. The molecule has 0 saturated carbocycles. The van der Waals surface area contributed by atoms with Crippen LogP contribution in [-0.4, -0.2) is 45.9 Å². The zero-order valence-electron chi connectivity index (χ0n) is 15.7. The normalized spacial score (nSPS) is 25.5. The topological polar surface area (TPSA) is 18.1 Å². The number of benzene rings is 1. The molecule has 2 N–H and O–H groups in total. The second-order valence-corrected chi connectivity index (χ2v) is 8.36. The maximum Gasteiger partial charge on any atom is 0.103 e. The van der Waals surface area contributed by atoms with E-state index in [1.165, 1.54) is 38.0 Å². The highest BCUT2D eigenvalue weighted by Crippen LogP contribution is 2.37. The van der Waals surface area contributed by atoms with Crippen LogP contribution in [0.25, 0.3) is 0 Å². The smallest absolute Gasteiger partial charge is 0.103 e. The van der Waals surface area contributed by atoms with E-state index in [-0.39, 0.29) is 5.60 Å². The second-order valence-electron chi connectivity index (χ2n) is 8.36. The minimum absolute atomic E-state index is 0.0132. The molecule has 0 aliphatic carbocycles. The molecule has 1 unspecified atom stereocenters. The van der Waals surface area contributed by atoms with E-state index in [0.29, 0.717) is 5.41 Å². The van der Waals surface area contributed by atoms with Gasteiger partial charge in [0.25, 0.3) is 0 Å². The van der Waals surface area contributed by atoms with Crippen LogP contribution in [0.2, 0.25) is 0 Å². The summed E-state index contributed by atoms with van der Waals surface area (Å²) in [6.45, 7) is 12.5. The predicted octanol–water partition coefficient (Wildman–Crippen LogP) is 0.811. The minimum atomic E-state index is 0.0132. The van der Waals surface area contributed by atoms with Gasteiger partial charge < -0.3 is 14.5 Å². The maximum atomic E-state index is 6.02. The fraction of sp³-hybridized carbons (Fsp3) is 0.700. The molecule has 130 valence electrons. The van der Waals surface area contributed by atoms with Crippen LogP contribution < -0.4 is 9.80 Å². The molecule has 2 rings (SSSR count). The van der Waals surface area contributed by atoms with Crippen molar-refractivity contribution < 1.29 is 14.5 Å². The molecule has 1 aromatic carbocycles. The van der Waals surface area contributed by atoms with Crippen LogP contribution in [-0.2, 0) is 11.3 Å². The van der Waals surface area contributed by atoms with E-state index in [4.69, 9.17) is 4.74 Å². The van der Waals surface area contributed by atoms with Gasteiger partial charge in [0.15, 0.2) is 0 Å². The summed E-state index contributed by atoms with van der Waals surface area (Å²) in [5, 5.41) is 0. The molecule has 0 amide bonds. The van der Waals surface area contributed by atoms with Crippen molar-refractivity contribution in [2.45, 2.75) is 45.8 Å². The summed E-state index contributed by atoms with van der Waals surface area (Å²) in [5.74, 6) is 0. The van der Waals surface area contributed by atoms with Crippen LogP contribution in [0.5, 0.6) is 0 Å². The number of ether oxygens (including phenoxy) is 1. The van der Waals surface area contributed by atoms with E-state index in [9.17, 15) is 0 Å². The molecule has 0 aromatic heterocycles. The summed E-state index contributed by atoms with van der Waals surface area (Å²) in [7, 11) is 4.57. The predicted molar refractivity (Wildman–Crippen MR) is 95.9 cm³/mol. The third-order valence-corrected chi connectivity index (χ3v) is 5.08. The van der Waals surface area contributed by atoms with Gasteiger partial charge >= 0.3 is 0 Å². The highest BCUT2D eigenvalue weighted by atomic mass is 16.5. The van der Waals surface area contributed by atoms with E-state index in [1.807, 2.05) is 0 Å². The van der Waals surface area contributed by atoms with Crippen molar-refractivity contribution in [2.75, 3.05) is 40.3 Å². The average molecular weight is 321 g/mol. The van der Waals surface area contributed by atoms with Gasteiger partial charge in [-0.15, -0.1) is 0 Å². The Balaban J connectivity index is 2.11. The van der Waals surface area contributed by atoms with Crippen LogP contribution in [0, 0.1) is 5.41 Å². The molecule has 1 heterocycles. The number of hydrogen-bond acceptors (Lipinski definition) is 1. The Hall–Kier alpha value is -0.900. The summed E-state index contributed by atoms with van der Waals surface area (Å²) >= 11 is 0. The molecule has 1 aliphatic heterocycles. The van der Waals surface area contributed by atoms with Gasteiger partial charge in [-0.3, -0.25) is 0 Å². The summed E-state index contributed by atoms with van der Waals surface area (Å²) < 4.78 is 6.02. The Morgan fingerprint density at radius 3 is 2.35 bits per heavy atom. The van der Waals surface area contributed by atoms with Crippen LogP contribution in [0.15, 0.2) is 30.3 Å². The molecule has 0 bridgehead atoms. The largest absolute Gasteiger partial charge is 0.376 e. The number of rotatable bonds is 7. The molecule has 1 fully saturated rings. The molecule has 1 saturated heterocycles. The highest BCUT2D eigenvalue weighted by molar-refractivity contribution is 5.13. The molecule has 2 atom stereocenters. The Bertz CT molecular complexity index is 472. The fourth-order valence-electron chi connectivity index (χ4n) is 4.43. The van der Waals surface area contributed by atoms with Gasteiger partial charge in [0.2, 0.25) is 0 Å². The summed E-state index contributed by atoms with van der Waals surface area (Å²) in [6, 6.07) is 10.9. The second kappa shape index (κ2) is 7.78. The lowest BCUT2D eigenvalue weighted by Gasteiger charge is -2.45. The van der Waals surface area contributed by atoms with E-state index >= 15 is 0 Å². The van der Waals surface area contributed by atoms with E-state index in [2.05, 4.69) is 65.2 Å². The van der Waals surface area contributed by atoms with Crippen LogP contribution in [0.1, 0.15) is 39.2 Å². The van der Waals surface area contributed by atoms with Crippen molar-refractivity contribution in [1.82, 2.24) is 0 Å². The lowest BCUT2D eigenvalue weighted by molar-refractivity contribution is -0.929. The van der Waals surface area contributed by atoms with Gasteiger partial charge in [0.05, 0.1) is 44.7 Å². The van der Waals surface area contributed by atoms with Gasteiger partial charge in [-0.25, -0.2) is 0 Å². The Kier molecular flexibility index (Phi) is 6.24. The molecular formula is C20H36N2O+2. The van der Waals surface area contributed by atoms with Crippen molar-refractivity contribution in [3.63, 3.8) is 0 Å². The molecular weight excluding hydrogens is 284 g/mol. The molecule has 0 spiro atoms. The standard InChI is InChI=1S/C20H34N2O/c1-6-22(14-18-10-8-7-9-11-18)17-20(16-21(4)5)12-13-23-19(2,3)15-20/h7-11H,6,12-17H2,1-5H3/p+2/t20-/m0/s1. The van der Waals surface area contributed by atoms with E-state index in [0.717, 1.165) is 13.2 Å². The molecule has 0 radical (unpaired) electrons. The number of hydrogen-bond donors (Lipinski definition) is 2. The van der Waals surface area contributed by atoms with Crippen molar-refractivity contribution in [1.29, 1.82) is 0 Å². The SMILES string of the molecule is CC[NH+](Cc1ccccc1)C[C@@]1(C[NH+](C)C)CCOC(C)(C)C1. The third kappa shape index (κ3) is 5.59. The van der Waals surface area contributed by atoms with Crippen LogP contribution >= 0.6 is 0 Å². The quantitative estimate of drug-likeness (QED) is 0.761. The molecule has 3 nitrogen and oxygen atoms in total. The molecule has 3 heteroatoms. The molecule has 23 heavy (non-hydrogen) atoms. The van der Waals surface area contributed by atoms with Crippen molar-refractivity contribution in [3.05, 3.63) is 35.9 Å². The first-order chi connectivity index (χ1) is 10.8. The van der Waals surface area contributed by atoms with Gasteiger partial charge in [0, 0.05) is 12.2 Å². The first-order valence-electron chi connectivity index (χ1n) is 9.15. The minimum Gasteiger partial charge on any atom is -0.376 e. The molecule has 1 aliphatic rings. The first-order valence-corrected chi connectivity index (χ1v) is 9.15. The van der Waals surface area contributed by atoms with Gasteiger partial charge in [0.1, 0.15) is 6.54 Å². The van der Waals surface area contributed by atoms with Crippen molar-refractivity contribution in [3.8, 4) is 0 Å². The Morgan fingerprint density at radius 2 is 1.78 bits per heavy atom. The van der Waals surface area contributed by atoms with Crippen LogP contribution in [0.4, 0.5) is 0 Å². The summed E-state index contributed by atoms with van der Waals surface area (Å²) in [6.07, 6.45) is 2.36. The molecule has 1 aromatic rings. The zero-order chi connectivity index (χ0) is 16.9. The monoisotopic (exact) mass is 320 g/mol. The first kappa shape index (κ1) is 18.4. The average Bonchev–Trinajstić information content (AvgIpc) is 2.45. The lowest BCUT2D eigenvalue weighted by Crippen LogP contribution is -3.14. The van der Waals surface area contributed by atoms with Gasteiger partial charge in [-0.1, -0.05) is 30.3 Å². The fourth-order valence-corrected chi connectivity index (χ4v) is 4.43. The van der Waals surface area contributed by atoms with Gasteiger partial charge in [-0.05, 0) is 33.6 Å². The van der Waals surface area contributed by atoms with Crippen molar-refractivity contribution >= 4 is 0 Å². The van der Waals surface area contributed by atoms with Crippen molar-refractivity contribution in [2.24, 2.45) is 5.41 Å². The van der Waals surface area contributed by atoms with Gasteiger partial charge in [-0.2, -0.15) is 0 Å². The summed E-state index contributed by atoms with van der Waals surface area (Å²) in [4.78, 5) is 3.24. The number of nitrogens with one attached hydrogen (secondary N) is 2. The maximum absolute atomic E-state index is 6.02. The van der Waals surface area contributed by atoms with Crippen LogP contribution in [0.3, 0.4) is 0 Å². The summed E-state index contributed by atoms with van der Waals surface area (Å²) in [5.41, 5.74) is 1.85. The highest BCUT2D eigenvalue weighted by Gasteiger charge is 2.45. The lowest BCUT2D eigenvalue weighted by atomic mass is 9.73. The Morgan fingerprint density at radius 1 is 1.09 bits per heavy atom.